The Balaban J connectivity index is 2.64. The van der Waals surface area contributed by atoms with Gasteiger partial charge in [-0.15, -0.1) is 0 Å². The zero-order valence-corrected chi connectivity index (χ0v) is 22.3. The van der Waals surface area contributed by atoms with E-state index < -0.39 is 23.3 Å². The molecule has 2 rings (SSSR count). The Morgan fingerprint density at radius 2 is 1.31 bits per heavy atom. The second-order valence-electron chi connectivity index (χ2n) is 9.75. The molecule has 2 heterocycles. The molecule has 0 aromatic heterocycles. The third-order valence-electron chi connectivity index (χ3n) is 8.12. The van der Waals surface area contributed by atoms with E-state index in [1.807, 2.05) is 0 Å². The van der Waals surface area contributed by atoms with Gasteiger partial charge < -0.3 is 18.1 Å². The number of aliphatic hydroxyl groups excluding tert-OH is 1. The highest BCUT2D eigenvalue weighted by molar-refractivity contribution is 6.84. The lowest BCUT2D eigenvalue weighted by Gasteiger charge is -2.53. The van der Waals surface area contributed by atoms with Crippen LogP contribution in [0.5, 0.6) is 0 Å². The number of hydrogen-bond donors (Lipinski definition) is 2. The second kappa shape index (κ2) is 10.2. The van der Waals surface area contributed by atoms with E-state index in [0.29, 0.717) is 28.8 Å². The minimum absolute atomic E-state index is 0.0314. The molecule has 2 fully saturated rings. The molecule has 0 amide bonds. The van der Waals surface area contributed by atoms with Crippen LogP contribution in [0, 0.1) is 5.92 Å². The smallest absolute Gasteiger partial charge is 0.335 e. The Morgan fingerprint density at radius 1 is 0.862 bits per heavy atom. The molecule has 8 unspecified atom stereocenters. The summed E-state index contributed by atoms with van der Waals surface area (Å²) >= 11 is 0. The van der Waals surface area contributed by atoms with Gasteiger partial charge in [-0.1, -0.05) is 88.0 Å². The van der Waals surface area contributed by atoms with Crippen LogP contribution in [0.4, 0.5) is 0 Å². The quantitative estimate of drug-likeness (QED) is 0.488. The number of hydrogen-bond acceptors (Lipinski definition) is 5. The molecule has 0 aromatic rings. The molecule has 2 aliphatic heterocycles. The van der Waals surface area contributed by atoms with Gasteiger partial charge in [0, 0.05) is 5.92 Å². The molecule has 2 N–H and O–H groups in total. The van der Waals surface area contributed by atoms with Gasteiger partial charge in [-0.25, -0.2) is 0 Å². The fourth-order valence-corrected chi connectivity index (χ4v) is 17.2. The predicted molar refractivity (Wildman–Crippen MR) is 124 cm³/mol. The highest BCUT2D eigenvalue weighted by Gasteiger charge is 2.62. The van der Waals surface area contributed by atoms with Gasteiger partial charge in [-0.2, -0.15) is 0 Å². The molecule has 0 spiro atoms. The monoisotopic (exact) mass is 445 g/mol. The van der Waals surface area contributed by atoms with Crippen molar-refractivity contribution in [2.75, 3.05) is 6.61 Å². The first-order chi connectivity index (χ1) is 13.6. The summed E-state index contributed by atoms with van der Waals surface area (Å²) in [5, 5.41) is 13.9. The first-order valence-corrected chi connectivity index (χ1v) is 16.0. The van der Waals surface area contributed by atoms with E-state index in [2.05, 4.69) is 67.6 Å². The lowest BCUT2D eigenvalue weighted by molar-refractivity contribution is 0.0300. The molecule has 0 radical (unpaired) electrons. The van der Waals surface area contributed by atoms with E-state index in [1.165, 1.54) is 0 Å². The van der Waals surface area contributed by atoms with Gasteiger partial charge in [-0.05, 0) is 22.2 Å². The van der Waals surface area contributed by atoms with Crippen molar-refractivity contribution in [3.63, 3.8) is 0 Å². The van der Waals surface area contributed by atoms with Crippen molar-refractivity contribution in [3.05, 3.63) is 0 Å². The van der Waals surface area contributed by atoms with Crippen LogP contribution in [-0.2, 0) is 13.0 Å². The van der Waals surface area contributed by atoms with Gasteiger partial charge in [-0.3, -0.25) is 5.32 Å². The number of nitrogens with one attached hydrogen (secondary N) is 1. The Kier molecular flexibility index (Phi) is 9.00. The maximum absolute atomic E-state index is 10.6. The summed E-state index contributed by atoms with van der Waals surface area (Å²) in [5.41, 5.74) is 1.57. The first kappa shape index (κ1) is 25.5. The minimum Gasteiger partial charge on any atom is -0.414 e. The summed E-state index contributed by atoms with van der Waals surface area (Å²) in [6.45, 7) is 21.0. The number of fused-ring (bicyclic) bond motifs is 1. The topological polar surface area (TPSA) is 60.0 Å². The Morgan fingerprint density at radius 3 is 1.76 bits per heavy atom. The van der Waals surface area contributed by atoms with E-state index in [9.17, 15) is 5.11 Å². The van der Waals surface area contributed by atoms with Crippen LogP contribution in [0.1, 0.15) is 88.0 Å². The van der Waals surface area contributed by atoms with Crippen LogP contribution in [0.15, 0.2) is 0 Å². The van der Waals surface area contributed by atoms with E-state index in [-0.39, 0.29) is 18.1 Å². The van der Waals surface area contributed by atoms with E-state index >= 15 is 0 Å². The minimum atomic E-state index is -2.64. The maximum atomic E-state index is 10.6. The van der Waals surface area contributed by atoms with Gasteiger partial charge in [0.1, 0.15) is 6.23 Å². The van der Waals surface area contributed by atoms with E-state index in [0.717, 1.165) is 25.7 Å². The predicted octanol–water partition coefficient (Wildman–Crippen LogP) is 5.43. The number of rotatable bonds is 8. The second-order valence-corrected chi connectivity index (χ2v) is 17.9. The van der Waals surface area contributed by atoms with Crippen LogP contribution in [0.3, 0.4) is 0 Å². The largest absolute Gasteiger partial charge is 0.414 e. The summed E-state index contributed by atoms with van der Waals surface area (Å²) in [4.78, 5) is 0. The summed E-state index contributed by atoms with van der Waals surface area (Å²) in [6, 6.07) is 0.0314. The van der Waals surface area contributed by atoms with Crippen molar-refractivity contribution < 1.29 is 18.1 Å². The summed E-state index contributed by atoms with van der Waals surface area (Å²) < 4.78 is 21.6. The molecule has 172 valence electrons. The number of aliphatic hydroxyl groups is 1. The molecule has 7 heteroatoms. The zero-order valence-electron chi connectivity index (χ0n) is 20.3. The van der Waals surface area contributed by atoms with E-state index in [4.69, 9.17) is 13.0 Å². The third kappa shape index (κ3) is 4.57. The summed E-state index contributed by atoms with van der Waals surface area (Å²) in [7, 11) is -5.19. The van der Waals surface area contributed by atoms with Gasteiger partial charge in [0.05, 0.1) is 18.8 Å². The average molecular weight is 446 g/mol. The van der Waals surface area contributed by atoms with Gasteiger partial charge in [0.15, 0.2) is 0 Å². The SMILES string of the molecule is CCC(C)[Si]1(C(C)CC)OCC2NC(O)C(C)C2O[Si](C(C)CC)(C(C)CC)O1. The van der Waals surface area contributed by atoms with Gasteiger partial charge in [0.25, 0.3) is 0 Å². The molecule has 2 aliphatic rings. The zero-order chi connectivity index (χ0) is 22.0. The fourth-order valence-electron chi connectivity index (χ4n) is 5.11. The molecule has 0 bridgehead atoms. The van der Waals surface area contributed by atoms with Crippen LogP contribution in [0.2, 0.25) is 22.2 Å². The molecule has 0 aliphatic carbocycles. The summed E-state index contributed by atoms with van der Waals surface area (Å²) in [5.74, 6) is 0.0357. The van der Waals surface area contributed by atoms with Crippen LogP contribution in [-0.4, -0.2) is 47.2 Å². The van der Waals surface area contributed by atoms with Gasteiger partial charge >= 0.3 is 17.1 Å². The fraction of sp³-hybridized carbons (Fsp3) is 1.00. The van der Waals surface area contributed by atoms with Crippen LogP contribution < -0.4 is 5.32 Å². The van der Waals surface area contributed by atoms with E-state index in [1.54, 1.807) is 0 Å². The Labute approximate surface area is 181 Å². The van der Waals surface area contributed by atoms with Crippen molar-refractivity contribution >= 4 is 17.1 Å². The van der Waals surface area contributed by atoms with Crippen LogP contribution >= 0.6 is 0 Å². The van der Waals surface area contributed by atoms with Crippen molar-refractivity contribution in [2.24, 2.45) is 5.92 Å². The molecule has 0 aromatic carbocycles. The van der Waals surface area contributed by atoms with Crippen molar-refractivity contribution in [3.8, 4) is 0 Å². The van der Waals surface area contributed by atoms with Gasteiger partial charge in [0.2, 0.25) is 0 Å². The van der Waals surface area contributed by atoms with Crippen molar-refractivity contribution in [1.82, 2.24) is 5.32 Å². The molecule has 0 saturated carbocycles. The molecular weight excluding hydrogens is 398 g/mol. The normalized spacial score (nSPS) is 42.4. The summed E-state index contributed by atoms with van der Waals surface area (Å²) in [6.07, 6.45) is 3.61. The highest BCUT2D eigenvalue weighted by Crippen LogP contribution is 2.50. The lowest BCUT2D eigenvalue weighted by atomic mass is 10.0. The Bertz CT molecular complexity index is 503. The first-order valence-electron chi connectivity index (χ1n) is 12.1. The van der Waals surface area contributed by atoms with Crippen LogP contribution in [0.25, 0.3) is 0 Å². The molecule has 29 heavy (non-hydrogen) atoms. The third-order valence-corrected chi connectivity index (χ3v) is 19.1. The Hall–Kier alpha value is 0.234. The average Bonchev–Trinajstić information content (AvgIpc) is 2.98. The standard InChI is InChI=1S/C22H47NO4Si2/c1-10-15(5)28(16(6)11-2)25-14-20-21(19(9)22(24)23-20)26-29(27-28,17(7)12-3)18(8)13-4/h15-24H,10-14H2,1-9H3. The maximum Gasteiger partial charge on any atom is 0.335 e. The van der Waals surface area contributed by atoms with Crippen molar-refractivity contribution in [2.45, 2.75) is 129 Å². The molecule has 5 nitrogen and oxygen atoms in total. The van der Waals surface area contributed by atoms with Crippen molar-refractivity contribution in [1.29, 1.82) is 0 Å². The lowest BCUT2D eigenvalue weighted by Crippen LogP contribution is -2.66. The molecule has 2 saturated heterocycles. The molecule has 8 atom stereocenters. The highest BCUT2D eigenvalue weighted by atomic mass is 28.5. The molecular formula is C22H47NO4Si2.